The maximum Gasteiger partial charge on any atom is 0.253 e. The second-order valence-corrected chi connectivity index (χ2v) is 8.91. The van der Waals surface area contributed by atoms with E-state index in [1.165, 1.54) is 16.7 Å². The molecular formula is C25H30N4OS. The molecule has 0 radical (unpaired) electrons. The van der Waals surface area contributed by atoms with Crippen LogP contribution in [-0.2, 0) is 6.42 Å². The van der Waals surface area contributed by atoms with Gasteiger partial charge in [0.15, 0.2) is 0 Å². The van der Waals surface area contributed by atoms with E-state index in [-0.39, 0.29) is 5.91 Å². The Labute approximate surface area is 189 Å². The summed E-state index contributed by atoms with van der Waals surface area (Å²) in [6, 6.07) is 12.0. The van der Waals surface area contributed by atoms with Gasteiger partial charge in [-0.3, -0.25) is 4.79 Å². The Hall–Kier alpha value is -2.99. The van der Waals surface area contributed by atoms with Crippen molar-refractivity contribution in [1.29, 1.82) is 0 Å². The number of nitrogens with zero attached hydrogens (tertiary/aromatic N) is 4. The number of hydrogen-bond acceptors (Lipinski definition) is 4. The zero-order valence-corrected chi connectivity index (χ0v) is 20.0. The Kier molecular flexibility index (Phi) is 7.23. The molecule has 0 unspecified atom stereocenters. The average molecular weight is 435 g/mol. The van der Waals surface area contributed by atoms with Gasteiger partial charge in [-0.2, -0.15) is 0 Å². The largest absolute Gasteiger partial charge is 0.366 e. The Morgan fingerprint density at radius 2 is 1.81 bits per heavy atom. The first-order valence-electron chi connectivity index (χ1n) is 10.4. The number of rotatable bonds is 7. The number of hydrogen-bond donors (Lipinski definition) is 0. The lowest BCUT2D eigenvalue weighted by atomic mass is 10.0. The van der Waals surface area contributed by atoms with Crippen LogP contribution in [0.5, 0.6) is 0 Å². The molecular weight excluding hydrogens is 404 g/mol. The number of aromatic nitrogens is 1. The first kappa shape index (κ1) is 22.7. The van der Waals surface area contributed by atoms with Crippen LogP contribution in [0.3, 0.4) is 0 Å². The normalized spacial score (nSPS) is 11.2. The van der Waals surface area contributed by atoms with Gasteiger partial charge in [-0.1, -0.05) is 18.2 Å². The quantitative estimate of drug-likeness (QED) is 0.373. The van der Waals surface area contributed by atoms with Gasteiger partial charge in [-0.15, -0.1) is 11.3 Å². The third-order valence-corrected chi connectivity index (χ3v) is 6.12. The Balaban J connectivity index is 1.76. The molecule has 0 bridgehead atoms. The van der Waals surface area contributed by atoms with E-state index in [4.69, 9.17) is 4.98 Å². The van der Waals surface area contributed by atoms with Gasteiger partial charge in [0, 0.05) is 50.6 Å². The van der Waals surface area contributed by atoms with Crippen LogP contribution in [0.2, 0.25) is 0 Å². The van der Waals surface area contributed by atoms with E-state index >= 15 is 0 Å². The predicted octanol–water partition coefficient (Wildman–Crippen LogP) is 5.33. The van der Waals surface area contributed by atoms with Crippen LogP contribution in [0, 0.1) is 13.8 Å². The number of benzene rings is 2. The van der Waals surface area contributed by atoms with Crippen molar-refractivity contribution in [2.45, 2.75) is 27.2 Å². The minimum atomic E-state index is 0.00508. The molecule has 0 aliphatic carbocycles. The topological polar surface area (TPSA) is 48.8 Å². The summed E-state index contributed by atoms with van der Waals surface area (Å²) in [5, 5.41) is 3.16. The van der Waals surface area contributed by atoms with Crippen LogP contribution in [0.15, 0.2) is 46.8 Å². The van der Waals surface area contributed by atoms with Gasteiger partial charge in [0.05, 0.1) is 22.7 Å². The van der Waals surface area contributed by atoms with Crippen LogP contribution in [0.25, 0.3) is 11.3 Å². The van der Waals surface area contributed by atoms with Crippen LogP contribution >= 0.6 is 11.3 Å². The lowest BCUT2D eigenvalue weighted by Crippen LogP contribution is -2.21. The van der Waals surface area contributed by atoms with Gasteiger partial charge in [0.2, 0.25) is 0 Å². The fourth-order valence-electron chi connectivity index (χ4n) is 3.16. The molecule has 3 rings (SSSR count). The van der Waals surface area contributed by atoms with E-state index in [0.29, 0.717) is 5.56 Å². The third kappa shape index (κ3) is 5.58. The van der Waals surface area contributed by atoms with Crippen molar-refractivity contribution >= 4 is 29.3 Å². The lowest BCUT2D eigenvalue weighted by Gasteiger charge is -2.11. The van der Waals surface area contributed by atoms with Crippen LogP contribution < -0.4 is 0 Å². The molecule has 1 amide bonds. The highest BCUT2D eigenvalue weighted by molar-refractivity contribution is 7.10. The van der Waals surface area contributed by atoms with Crippen molar-refractivity contribution in [3.8, 4) is 11.3 Å². The summed E-state index contributed by atoms with van der Waals surface area (Å²) >= 11 is 1.67. The Morgan fingerprint density at radius 1 is 1.10 bits per heavy atom. The van der Waals surface area contributed by atoms with E-state index < -0.39 is 0 Å². The van der Waals surface area contributed by atoms with E-state index in [1.54, 1.807) is 30.3 Å². The summed E-state index contributed by atoms with van der Waals surface area (Å²) in [7, 11) is 5.54. The second-order valence-electron chi connectivity index (χ2n) is 7.96. The van der Waals surface area contributed by atoms with Crippen LogP contribution in [0.1, 0.15) is 39.0 Å². The van der Waals surface area contributed by atoms with E-state index in [9.17, 15) is 4.79 Å². The molecule has 5 nitrogen and oxygen atoms in total. The molecule has 1 aromatic heterocycles. The molecule has 2 aromatic carbocycles. The molecule has 0 saturated carbocycles. The Bertz CT molecular complexity index is 1080. The highest BCUT2D eigenvalue weighted by atomic mass is 32.1. The third-order valence-electron chi connectivity index (χ3n) is 5.27. The molecule has 0 spiro atoms. The Morgan fingerprint density at radius 3 is 2.45 bits per heavy atom. The summed E-state index contributed by atoms with van der Waals surface area (Å²) in [5.74, 6) is 0.00508. The highest BCUT2D eigenvalue weighted by Crippen LogP contribution is 2.28. The lowest BCUT2D eigenvalue weighted by molar-refractivity contribution is 0.0827. The standard InChI is InChI=1S/C25H30N4OS/c1-7-29(6)16-26-22-13-17(2)21(12-18(22)3)14-24-27-23(15-31-24)19-8-10-20(11-9-19)25(30)28(4)5/h8-13,15-16H,7,14H2,1-6H3/b26-16+. The van der Waals surface area contributed by atoms with Gasteiger partial charge in [0.1, 0.15) is 0 Å². The van der Waals surface area contributed by atoms with Gasteiger partial charge >= 0.3 is 0 Å². The zero-order valence-electron chi connectivity index (χ0n) is 19.1. The summed E-state index contributed by atoms with van der Waals surface area (Å²) in [6.45, 7) is 7.27. The van der Waals surface area contributed by atoms with Crippen molar-refractivity contribution < 1.29 is 4.79 Å². The minimum absolute atomic E-state index is 0.00508. The number of amides is 1. The molecule has 1 heterocycles. The van der Waals surface area contributed by atoms with Gasteiger partial charge in [-0.05, 0) is 55.7 Å². The van der Waals surface area contributed by atoms with Crippen molar-refractivity contribution in [2.24, 2.45) is 4.99 Å². The number of carbonyl (C=O) groups excluding carboxylic acids is 1. The smallest absolute Gasteiger partial charge is 0.253 e. The molecule has 0 aliphatic rings. The SMILES string of the molecule is CCN(C)/C=N/c1cc(C)c(Cc2nc(-c3ccc(C(=O)N(C)C)cc3)cs2)cc1C. The van der Waals surface area contributed by atoms with Gasteiger partial charge < -0.3 is 9.80 Å². The first-order valence-corrected chi connectivity index (χ1v) is 11.3. The predicted molar refractivity (Wildman–Crippen MR) is 131 cm³/mol. The summed E-state index contributed by atoms with van der Waals surface area (Å²) in [4.78, 5) is 25.2. The van der Waals surface area contributed by atoms with Crippen LogP contribution in [0.4, 0.5) is 5.69 Å². The van der Waals surface area contributed by atoms with Crippen molar-refractivity contribution in [1.82, 2.24) is 14.8 Å². The molecule has 0 saturated heterocycles. The maximum absolute atomic E-state index is 12.1. The fourth-order valence-corrected chi connectivity index (χ4v) is 3.99. The van der Waals surface area contributed by atoms with E-state index in [1.807, 2.05) is 37.7 Å². The number of aryl methyl sites for hydroxylation is 2. The summed E-state index contributed by atoms with van der Waals surface area (Å²) < 4.78 is 0. The number of aliphatic imine (C=N–C) groups is 1. The van der Waals surface area contributed by atoms with Crippen molar-refractivity contribution in [3.63, 3.8) is 0 Å². The number of thiazole rings is 1. The van der Waals surface area contributed by atoms with Gasteiger partial charge in [0.25, 0.3) is 5.91 Å². The molecule has 162 valence electrons. The van der Waals surface area contributed by atoms with E-state index in [2.05, 4.69) is 48.2 Å². The summed E-state index contributed by atoms with van der Waals surface area (Å²) in [6.07, 6.45) is 2.68. The second kappa shape index (κ2) is 9.88. The average Bonchev–Trinajstić information content (AvgIpc) is 3.22. The summed E-state index contributed by atoms with van der Waals surface area (Å²) in [5.41, 5.74) is 7.32. The number of carbonyl (C=O) groups is 1. The molecule has 0 fully saturated rings. The first-order chi connectivity index (χ1) is 14.8. The minimum Gasteiger partial charge on any atom is -0.366 e. The monoisotopic (exact) mass is 434 g/mol. The highest BCUT2D eigenvalue weighted by Gasteiger charge is 2.11. The maximum atomic E-state index is 12.1. The fraction of sp³-hybridized carbons (Fsp3) is 0.320. The van der Waals surface area contributed by atoms with Gasteiger partial charge in [-0.25, -0.2) is 9.98 Å². The molecule has 0 N–H and O–H groups in total. The molecule has 31 heavy (non-hydrogen) atoms. The molecule has 6 heteroatoms. The van der Waals surface area contributed by atoms with Crippen molar-refractivity contribution in [3.05, 3.63) is 69.0 Å². The van der Waals surface area contributed by atoms with Crippen LogP contribution in [-0.4, -0.2) is 54.7 Å². The molecule has 3 aromatic rings. The van der Waals surface area contributed by atoms with Crippen molar-refractivity contribution in [2.75, 3.05) is 27.7 Å². The zero-order chi connectivity index (χ0) is 22.5. The van der Waals surface area contributed by atoms with E-state index in [0.717, 1.165) is 34.9 Å². The molecule has 0 aliphatic heterocycles. The molecule has 0 atom stereocenters.